The van der Waals surface area contributed by atoms with Gasteiger partial charge in [-0.3, -0.25) is 0 Å². The number of hydrogen-bond donors (Lipinski definition) is 1. The van der Waals surface area contributed by atoms with E-state index in [1.165, 1.54) is 12.1 Å². The zero-order valence-corrected chi connectivity index (χ0v) is 11.7. The highest BCUT2D eigenvalue weighted by Crippen LogP contribution is 2.24. The van der Waals surface area contributed by atoms with E-state index in [1.54, 1.807) is 4.57 Å². The van der Waals surface area contributed by atoms with Crippen molar-refractivity contribution in [1.29, 1.82) is 0 Å². The summed E-state index contributed by atoms with van der Waals surface area (Å²) in [7, 11) is 0. The summed E-state index contributed by atoms with van der Waals surface area (Å²) in [6, 6.07) is 2.83. The zero-order valence-electron chi connectivity index (χ0n) is 11.0. The molecule has 4 nitrogen and oxygen atoms in total. The number of nitrogens with two attached hydrogens (primary N) is 1. The molecule has 0 unspecified atom stereocenters. The largest absolute Gasteiger partial charge is 0.379 e. The summed E-state index contributed by atoms with van der Waals surface area (Å²) in [5.74, 6) is 0.333. The molecule has 1 aromatic heterocycles. The van der Waals surface area contributed by atoms with Gasteiger partial charge in [0.1, 0.15) is 5.82 Å². The Morgan fingerprint density at radius 2 is 2.21 bits per heavy atom. The second-order valence-corrected chi connectivity index (χ2v) is 5.25. The van der Waals surface area contributed by atoms with Gasteiger partial charge in [0.05, 0.1) is 22.7 Å². The fraction of sp³-hybridized carbons (Fsp3) is 0.462. The first-order chi connectivity index (χ1) is 8.99. The van der Waals surface area contributed by atoms with E-state index < -0.39 is 5.82 Å². The molecule has 0 spiro atoms. The van der Waals surface area contributed by atoms with Gasteiger partial charge in [0.2, 0.25) is 5.95 Å². The minimum absolute atomic E-state index is 0.0664. The molecule has 6 heteroatoms. The lowest BCUT2D eigenvalue weighted by molar-refractivity contribution is 0.104. The topological polar surface area (TPSA) is 53.1 Å². The Balaban J connectivity index is 2.18. The van der Waals surface area contributed by atoms with Crippen LogP contribution in [-0.2, 0) is 11.3 Å². The Labute approximate surface area is 116 Å². The van der Waals surface area contributed by atoms with Crippen molar-refractivity contribution in [3.63, 3.8) is 0 Å². The highest BCUT2D eigenvalue weighted by molar-refractivity contribution is 6.31. The van der Waals surface area contributed by atoms with Crippen LogP contribution >= 0.6 is 11.6 Å². The van der Waals surface area contributed by atoms with E-state index in [9.17, 15) is 4.39 Å². The summed E-state index contributed by atoms with van der Waals surface area (Å²) < 4.78 is 20.6. The Kier molecular flexibility index (Phi) is 4.27. The number of hydrogen-bond acceptors (Lipinski definition) is 3. The van der Waals surface area contributed by atoms with Crippen LogP contribution in [0.1, 0.15) is 13.8 Å². The van der Waals surface area contributed by atoms with Gasteiger partial charge >= 0.3 is 0 Å². The standard InChI is InChI=1S/C13H17ClFN3O/c1-8(2)7-19-4-3-18-12-5-9(14)10(15)6-11(12)17-13(18)16/h5-6,8H,3-4,7H2,1-2H3,(H2,16,17). The van der Waals surface area contributed by atoms with E-state index in [0.29, 0.717) is 37.1 Å². The molecule has 2 aromatic rings. The fourth-order valence-corrected chi connectivity index (χ4v) is 2.01. The van der Waals surface area contributed by atoms with Crippen LogP contribution in [0.3, 0.4) is 0 Å². The summed E-state index contributed by atoms with van der Waals surface area (Å²) >= 11 is 5.78. The number of ether oxygens (including phenoxy) is 1. The van der Waals surface area contributed by atoms with Gasteiger partial charge in [-0.05, 0) is 12.0 Å². The summed E-state index contributed by atoms with van der Waals surface area (Å²) in [5.41, 5.74) is 7.05. The Bertz CT molecular complexity index is 583. The molecule has 0 amide bonds. The van der Waals surface area contributed by atoms with Crippen LogP contribution in [0.5, 0.6) is 0 Å². The van der Waals surface area contributed by atoms with Gasteiger partial charge < -0.3 is 15.0 Å². The van der Waals surface area contributed by atoms with Crippen LogP contribution in [0.25, 0.3) is 11.0 Å². The second-order valence-electron chi connectivity index (χ2n) is 4.85. The van der Waals surface area contributed by atoms with Gasteiger partial charge in [-0.15, -0.1) is 0 Å². The average molecular weight is 286 g/mol. The van der Waals surface area contributed by atoms with Gasteiger partial charge in [-0.25, -0.2) is 9.37 Å². The Morgan fingerprint density at radius 3 is 2.89 bits per heavy atom. The third-order valence-electron chi connectivity index (χ3n) is 2.73. The minimum Gasteiger partial charge on any atom is -0.379 e. The van der Waals surface area contributed by atoms with E-state index in [0.717, 1.165) is 5.52 Å². The average Bonchev–Trinajstić information content (AvgIpc) is 2.61. The first-order valence-corrected chi connectivity index (χ1v) is 6.55. The first kappa shape index (κ1) is 14.1. The Morgan fingerprint density at radius 1 is 1.47 bits per heavy atom. The third-order valence-corrected chi connectivity index (χ3v) is 3.02. The molecule has 0 bridgehead atoms. The number of nitrogen functional groups attached to an aromatic ring is 1. The van der Waals surface area contributed by atoms with Crippen molar-refractivity contribution in [1.82, 2.24) is 9.55 Å². The van der Waals surface area contributed by atoms with Gasteiger partial charge in [0.15, 0.2) is 0 Å². The monoisotopic (exact) mass is 285 g/mol. The molecular weight excluding hydrogens is 269 g/mol. The quantitative estimate of drug-likeness (QED) is 0.859. The van der Waals surface area contributed by atoms with Crippen molar-refractivity contribution < 1.29 is 9.13 Å². The molecule has 0 atom stereocenters. The molecule has 0 radical (unpaired) electrons. The molecule has 2 N–H and O–H groups in total. The predicted molar refractivity (Wildman–Crippen MR) is 74.8 cm³/mol. The van der Waals surface area contributed by atoms with Crippen molar-refractivity contribution in [2.24, 2.45) is 5.92 Å². The van der Waals surface area contributed by atoms with E-state index in [1.807, 2.05) is 0 Å². The maximum Gasteiger partial charge on any atom is 0.201 e. The number of fused-ring (bicyclic) bond motifs is 1. The molecule has 0 aliphatic rings. The normalized spacial score (nSPS) is 11.6. The molecule has 0 aliphatic carbocycles. The summed E-state index contributed by atoms with van der Waals surface area (Å²) in [6.07, 6.45) is 0. The highest BCUT2D eigenvalue weighted by atomic mass is 35.5. The number of benzene rings is 1. The molecule has 0 fully saturated rings. The van der Waals surface area contributed by atoms with E-state index in [-0.39, 0.29) is 5.02 Å². The number of imidazole rings is 1. The van der Waals surface area contributed by atoms with E-state index >= 15 is 0 Å². The van der Waals surface area contributed by atoms with Gasteiger partial charge in [0, 0.05) is 19.2 Å². The van der Waals surface area contributed by atoms with Crippen molar-refractivity contribution in [2.45, 2.75) is 20.4 Å². The lowest BCUT2D eigenvalue weighted by Crippen LogP contribution is -2.11. The summed E-state index contributed by atoms with van der Waals surface area (Å²) in [5, 5.41) is 0.0664. The van der Waals surface area contributed by atoms with E-state index in [4.69, 9.17) is 22.1 Å². The molecule has 2 rings (SSSR count). The van der Waals surface area contributed by atoms with Crippen molar-refractivity contribution in [3.05, 3.63) is 23.0 Å². The second kappa shape index (κ2) is 5.75. The smallest absolute Gasteiger partial charge is 0.201 e. The molecule has 0 saturated heterocycles. The predicted octanol–water partition coefficient (Wildman–Crippen LogP) is 3.08. The number of rotatable bonds is 5. The van der Waals surface area contributed by atoms with Gasteiger partial charge in [0.25, 0.3) is 0 Å². The highest BCUT2D eigenvalue weighted by Gasteiger charge is 2.11. The first-order valence-electron chi connectivity index (χ1n) is 6.17. The number of halogens is 2. The Hall–Kier alpha value is -1.33. The van der Waals surface area contributed by atoms with Gasteiger partial charge in [-0.1, -0.05) is 25.4 Å². The van der Waals surface area contributed by atoms with Crippen molar-refractivity contribution in [3.8, 4) is 0 Å². The maximum atomic E-state index is 13.3. The number of nitrogens with zero attached hydrogens (tertiary/aromatic N) is 2. The van der Waals surface area contributed by atoms with Crippen LogP contribution in [0.4, 0.5) is 10.3 Å². The lowest BCUT2D eigenvalue weighted by atomic mass is 10.2. The zero-order chi connectivity index (χ0) is 14.0. The molecular formula is C13H17ClFN3O. The molecule has 0 aliphatic heterocycles. The van der Waals surface area contributed by atoms with Crippen molar-refractivity contribution in [2.75, 3.05) is 18.9 Å². The fourth-order valence-electron chi connectivity index (χ4n) is 1.85. The van der Waals surface area contributed by atoms with Crippen LogP contribution in [0.2, 0.25) is 5.02 Å². The van der Waals surface area contributed by atoms with Crippen LogP contribution in [0.15, 0.2) is 12.1 Å². The summed E-state index contributed by atoms with van der Waals surface area (Å²) in [6.45, 7) is 5.97. The molecule has 19 heavy (non-hydrogen) atoms. The molecule has 1 aromatic carbocycles. The SMILES string of the molecule is CC(C)COCCn1c(N)nc2cc(F)c(Cl)cc21. The minimum atomic E-state index is -0.491. The van der Waals surface area contributed by atoms with Crippen LogP contribution in [0, 0.1) is 11.7 Å². The molecule has 1 heterocycles. The lowest BCUT2D eigenvalue weighted by Gasteiger charge is -2.09. The third kappa shape index (κ3) is 3.16. The number of aromatic nitrogens is 2. The van der Waals surface area contributed by atoms with E-state index in [2.05, 4.69) is 18.8 Å². The van der Waals surface area contributed by atoms with Crippen LogP contribution in [-0.4, -0.2) is 22.8 Å². The molecule has 0 saturated carbocycles. The van der Waals surface area contributed by atoms with Crippen LogP contribution < -0.4 is 5.73 Å². The maximum absolute atomic E-state index is 13.3. The molecule has 104 valence electrons. The van der Waals surface area contributed by atoms with Gasteiger partial charge in [-0.2, -0.15) is 0 Å². The van der Waals surface area contributed by atoms with Crippen molar-refractivity contribution >= 4 is 28.6 Å². The summed E-state index contributed by atoms with van der Waals surface area (Å²) in [4.78, 5) is 4.12. The number of anilines is 1.